The zero-order valence-corrected chi connectivity index (χ0v) is 13.7. The predicted molar refractivity (Wildman–Crippen MR) is 96.4 cm³/mol. The zero-order valence-electron chi connectivity index (χ0n) is 13.7. The van der Waals surface area contributed by atoms with E-state index in [1.165, 1.54) is 6.07 Å². The van der Waals surface area contributed by atoms with Crippen molar-refractivity contribution in [2.45, 2.75) is 13.5 Å². The number of fused-ring (bicyclic) bond motifs is 1. The first-order chi connectivity index (χ1) is 12.2. The van der Waals surface area contributed by atoms with Gasteiger partial charge < -0.3 is 10.3 Å². The second-order valence-corrected chi connectivity index (χ2v) is 5.82. The lowest BCUT2D eigenvalue weighted by atomic mass is 9.95. The summed E-state index contributed by atoms with van der Waals surface area (Å²) in [5, 5.41) is 19.1. The fraction of sp³-hybridized carbons (Fsp3) is 0.167. The molecule has 0 fully saturated rings. The fourth-order valence-corrected chi connectivity index (χ4v) is 3.12. The summed E-state index contributed by atoms with van der Waals surface area (Å²) in [6, 6.07) is 8.65. The van der Waals surface area contributed by atoms with Gasteiger partial charge in [0.05, 0.1) is 4.92 Å². The molecule has 2 aromatic heterocycles. The van der Waals surface area contributed by atoms with Gasteiger partial charge in [0.1, 0.15) is 11.5 Å². The van der Waals surface area contributed by atoms with E-state index < -0.39 is 0 Å². The standard InChI is InChI=1S/C18H17N5O2/c1-2-22-11-16(14-6-8-19-18-15(14)7-9-20-18)17(21-22)12-4-3-5-13(10-12)23(24)25/h3-7,9-11,19-20H,2,8H2,1H3. The van der Waals surface area contributed by atoms with E-state index in [1.807, 2.05) is 36.1 Å². The minimum atomic E-state index is -0.381. The highest BCUT2D eigenvalue weighted by Gasteiger charge is 2.21. The van der Waals surface area contributed by atoms with Crippen molar-refractivity contribution in [3.05, 3.63) is 70.0 Å². The number of rotatable bonds is 4. The third-order valence-corrected chi connectivity index (χ3v) is 4.33. The van der Waals surface area contributed by atoms with Crippen molar-refractivity contribution in [2.24, 2.45) is 0 Å². The van der Waals surface area contributed by atoms with Gasteiger partial charge in [-0.15, -0.1) is 0 Å². The second kappa shape index (κ2) is 5.94. The number of aromatic nitrogens is 3. The molecule has 0 amide bonds. The van der Waals surface area contributed by atoms with E-state index in [1.54, 1.807) is 12.1 Å². The zero-order chi connectivity index (χ0) is 17.4. The van der Waals surface area contributed by atoms with Crippen LogP contribution >= 0.6 is 0 Å². The predicted octanol–water partition coefficient (Wildman–Crippen LogP) is 3.66. The summed E-state index contributed by atoms with van der Waals surface area (Å²) in [5.41, 5.74) is 4.70. The number of nitrogens with one attached hydrogen (secondary N) is 2. The molecule has 4 rings (SSSR count). The Morgan fingerprint density at radius 3 is 3.00 bits per heavy atom. The monoisotopic (exact) mass is 335 g/mol. The van der Waals surface area contributed by atoms with Gasteiger partial charge in [-0.2, -0.15) is 5.10 Å². The topological polar surface area (TPSA) is 88.8 Å². The molecule has 1 aliphatic rings. The van der Waals surface area contributed by atoms with Crippen molar-refractivity contribution in [3.8, 4) is 11.3 Å². The first kappa shape index (κ1) is 15.2. The maximum atomic E-state index is 11.1. The number of anilines is 1. The molecule has 0 spiro atoms. The average Bonchev–Trinajstić information content (AvgIpc) is 3.28. The highest BCUT2D eigenvalue weighted by atomic mass is 16.6. The number of non-ortho nitro benzene ring substituents is 1. The van der Waals surface area contributed by atoms with Crippen LogP contribution in [0.4, 0.5) is 11.5 Å². The number of aromatic amines is 1. The lowest BCUT2D eigenvalue weighted by Gasteiger charge is -2.15. The van der Waals surface area contributed by atoms with Crippen LogP contribution in [0.5, 0.6) is 0 Å². The van der Waals surface area contributed by atoms with E-state index in [2.05, 4.69) is 21.5 Å². The Morgan fingerprint density at radius 2 is 2.20 bits per heavy atom. The largest absolute Gasteiger partial charge is 0.368 e. The molecule has 0 atom stereocenters. The molecule has 126 valence electrons. The van der Waals surface area contributed by atoms with Crippen molar-refractivity contribution in [1.29, 1.82) is 0 Å². The first-order valence-corrected chi connectivity index (χ1v) is 8.12. The molecular weight excluding hydrogens is 318 g/mol. The van der Waals surface area contributed by atoms with Crippen LogP contribution in [-0.2, 0) is 6.54 Å². The van der Waals surface area contributed by atoms with Gasteiger partial charge in [-0.3, -0.25) is 14.8 Å². The molecule has 0 saturated heterocycles. The van der Waals surface area contributed by atoms with Gasteiger partial charge in [0.15, 0.2) is 0 Å². The number of hydrogen-bond donors (Lipinski definition) is 2. The highest BCUT2D eigenvalue weighted by molar-refractivity contribution is 5.92. The third kappa shape index (κ3) is 2.59. The second-order valence-electron chi connectivity index (χ2n) is 5.82. The van der Waals surface area contributed by atoms with E-state index in [0.29, 0.717) is 6.54 Å². The number of hydrogen-bond acceptors (Lipinski definition) is 4. The van der Waals surface area contributed by atoms with Crippen molar-refractivity contribution < 1.29 is 4.92 Å². The molecular formula is C18H17N5O2. The first-order valence-electron chi connectivity index (χ1n) is 8.12. The lowest BCUT2D eigenvalue weighted by Crippen LogP contribution is -2.07. The molecule has 0 saturated carbocycles. The van der Waals surface area contributed by atoms with Crippen LogP contribution in [-0.4, -0.2) is 26.2 Å². The highest BCUT2D eigenvalue weighted by Crippen LogP contribution is 2.37. The molecule has 7 nitrogen and oxygen atoms in total. The summed E-state index contributed by atoms with van der Waals surface area (Å²) < 4.78 is 1.86. The third-order valence-electron chi connectivity index (χ3n) is 4.33. The summed E-state index contributed by atoms with van der Waals surface area (Å²) >= 11 is 0. The molecule has 0 unspecified atom stereocenters. The summed E-state index contributed by atoms with van der Waals surface area (Å²) in [4.78, 5) is 13.9. The number of nitro groups is 1. The molecule has 7 heteroatoms. The molecule has 25 heavy (non-hydrogen) atoms. The van der Waals surface area contributed by atoms with Crippen molar-refractivity contribution >= 4 is 17.1 Å². The summed E-state index contributed by atoms with van der Waals surface area (Å²) in [6.07, 6.45) is 6.02. The molecule has 3 heterocycles. The smallest absolute Gasteiger partial charge is 0.270 e. The Hall–Kier alpha value is -3.35. The molecule has 0 radical (unpaired) electrons. The number of benzene rings is 1. The Balaban J connectivity index is 1.88. The molecule has 1 aromatic carbocycles. The number of aryl methyl sites for hydroxylation is 1. The Bertz CT molecular complexity index is 983. The molecule has 3 aromatic rings. The van der Waals surface area contributed by atoms with Crippen LogP contribution in [0.15, 0.2) is 48.8 Å². The van der Waals surface area contributed by atoms with Crippen LogP contribution in [0.25, 0.3) is 16.8 Å². The number of nitro benzene ring substituents is 1. The van der Waals surface area contributed by atoms with Crippen molar-refractivity contribution in [2.75, 3.05) is 11.9 Å². The van der Waals surface area contributed by atoms with Crippen LogP contribution in [0.2, 0.25) is 0 Å². The van der Waals surface area contributed by atoms with Crippen LogP contribution < -0.4 is 5.32 Å². The quantitative estimate of drug-likeness (QED) is 0.562. The molecule has 0 aliphatic carbocycles. The Kier molecular flexibility index (Phi) is 3.61. The minimum absolute atomic E-state index is 0.0659. The summed E-state index contributed by atoms with van der Waals surface area (Å²) in [5.74, 6) is 0.978. The Morgan fingerprint density at radius 1 is 1.32 bits per heavy atom. The number of H-pyrrole nitrogens is 1. The Labute approximate surface area is 144 Å². The van der Waals surface area contributed by atoms with E-state index in [4.69, 9.17) is 0 Å². The average molecular weight is 335 g/mol. The van der Waals surface area contributed by atoms with Crippen molar-refractivity contribution in [1.82, 2.24) is 14.8 Å². The lowest BCUT2D eigenvalue weighted by molar-refractivity contribution is -0.384. The van der Waals surface area contributed by atoms with Crippen molar-refractivity contribution in [3.63, 3.8) is 0 Å². The fourth-order valence-electron chi connectivity index (χ4n) is 3.12. The van der Waals surface area contributed by atoms with E-state index in [9.17, 15) is 10.1 Å². The van der Waals surface area contributed by atoms with Crippen LogP contribution in [0.3, 0.4) is 0 Å². The normalized spacial score (nSPS) is 13.1. The van der Waals surface area contributed by atoms with Crippen LogP contribution in [0.1, 0.15) is 18.1 Å². The number of nitrogens with zero attached hydrogens (tertiary/aromatic N) is 3. The summed E-state index contributed by atoms with van der Waals surface area (Å²) in [6.45, 7) is 3.47. The molecule has 1 aliphatic heterocycles. The van der Waals surface area contributed by atoms with Gasteiger partial charge in [-0.05, 0) is 18.6 Å². The van der Waals surface area contributed by atoms with Gasteiger partial charge >= 0.3 is 0 Å². The van der Waals surface area contributed by atoms with Crippen LogP contribution in [0, 0.1) is 10.1 Å². The van der Waals surface area contributed by atoms with Gasteiger partial charge in [-0.25, -0.2) is 0 Å². The SMILES string of the molecule is CCn1cc(C2=CCNc3[nH]ccc32)c(-c2cccc([N+](=O)[O-])c2)n1. The molecule has 2 N–H and O–H groups in total. The van der Waals surface area contributed by atoms with Gasteiger partial charge in [0.2, 0.25) is 0 Å². The van der Waals surface area contributed by atoms with E-state index in [-0.39, 0.29) is 10.6 Å². The summed E-state index contributed by atoms with van der Waals surface area (Å²) in [7, 11) is 0. The van der Waals surface area contributed by atoms with E-state index >= 15 is 0 Å². The maximum absolute atomic E-state index is 11.1. The van der Waals surface area contributed by atoms with Gasteiger partial charge in [0.25, 0.3) is 5.69 Å². The molecule has 0 bridgehead atoms. The van der Waals surface area contributed by atoms with Gasteiger partial charge in [0, 0.05) is 54.3 Å². The maximum Gasteiger partial charge on any atom is 0.270 e. The van der Waals surface area contributed by atoms with E-state index in [0.717, 1.165) is 40.3 Å². The minimum Gasteiger partial charge on any atom is -0.368 e. The van der Waals surface area contributed by atoms with Gasteiger partial charge in [-0.1, -0.05) is 18.2 Å².